The Hall–Kier alpha value is 0.684. The van der Waals surface area contributed by atoms with Crippen molar-refractivity contribution >= 4 is 178 Å². The Morgan fingerprint density at radius 2 is 1.71 bits per heavy atom. The molecule has 8 nitrogen and oxygen atoms in total. The zero-order chi connectivity index (χ0) is 29.0. The first-order valence-electron chi connectivity index (χ1n) is 9.71. The zero-order valence-electron chi connectivity index (χ0n) is 19.7. The SMILES string of the molecule is C=Pc1c(C=P)c(C=P)c(C=P)c(C(O/N=C(\C(=O)O)c2csc(NC)n2)C(=O)OC)c1P=C.[I][V]([I])[I]. The molecule has 1 aromatic carbocycles. The molecule has 0 spiro atoms. The van der Waals surface area contributed by atoms with E-state index in [4.69, 9.17) is 9.57 Å². The average molecular weight is 1000 g/mol. The van der Waals surface area contributed by atoms with Crippen LogP contribution < -0.4 is 15.9 Å². The van der Waals surface area contributed by atoms with Crippen LogP contribution in [0.2, 0.25) is 0 Å². The van der Waals surface area contributed by atoms with Gasteiger partial charge in [-0.1, -0.05) is 34.2 Å². The number of methoxy groups -OCH3 is 1. The third-order valence-corrected chi connectivity index (χ3v) is 7.91. The minimum absolute atomic E-state index is 0.0861. The number of aromatic nitrogens is 1. The second-order valence-corrected chi connectivity index (χ2v) is 45.0. The molecule has 1 aromatic heterocycles. The number of esters is 1. The fourth-order valence-electron chi connectivity index (χ4n) is 2.96. The summed E-state index contributed by atoms with van der Waals surface area (Å²) in [6, 6.07) is 0. The number of nitrogens with one attached hydrogen (secondary N) is 1. The van der Waals surface area contributed by atoms with Crippen molar-refractivity contribution in [3.63, 3.8) is 0 Å². The molecule has 0 aliphatic heterocycles. The van der Waals surface area contributed by atoms with Crippen molar-refractivity contribution in [2.45, 2.75) is 6.10 Å². The van der Waals surface area contributed by atoms with Gasteiger partial charge in [0.25, 0.3) is 0 Å². The Balaban J connectivity index is 0.00000168. The van der Waals surface area contributed by atoms with E-state index >= 15 is 0 Å². The van der Waals surface area contributed by atoms with Gasteiger partial charge in [-0.2, -0.15) is 0 Å². The van der Waals surface area contributed by atoms with Crippen LogP contribution in [-0.2, 0) is 24.1 Å². The van der Waals surface area contributed by atoms with Gasteiger partial charge in [-0.15, -0.1) is 37.9 Å². The number of halogens is 3. The van der Waals surface area contributed by atoms with Crippen molar-refractivity contribution in [1.29, 1.82) is 0 Å². The summed E-state index contributed by atoms with van der Waals surface area (Å²) < 4.78 is 4.97. The number of oxime groups is 1. The van der Waals surface area contributed by atoms with Gasteiger partial charge in [-0.25, -0.2) is 14.6 Å². The second-order valence-electron chi connectivity index (χ2n) is 6.33. The number of anilines is 1. The van der Waals surface area contributed by atoms with Crippen molar-refractivity contribution in [3.05, 3.63) is 33.3 Å². The van der Waals surface area contributed by atoms with Crippen molar-refractivity contribution in [1.82, 2.24) is 4.98 Å². The number of carboxylic acids is 1. The topological polar surface area (TPSA) is 110 Å². The molecule has 1 unspecified atom stereocenters. The monoisotopic (exact) mass is 1000 g/mol. The molecular formula is C20H20I3N3O5P5SV. The number of rotatable bonds is 12. The third-order valence-electron chi connectivity index (χ3n) is 4.44. The Morgan fingerprint density at radius 1 is 1.16 bits per heavy atom. The molecule has 38 heavy (non-hydrogen) atoms. The molecule has 1 heterocycles. The van der Waals surface area contributed by atoms with Gasteiger partial charge in [0.05, 0.1) is 7.11 Å². The Morgan fingerprint density at radius 3 is 2.11 bits per heavy atom. The van der Waals surface area contributed by atoms with Crippen molar-refractivity contribution in [3.8, 4) is 0 Å². The van der Waals surface area contributed by atoms with E-state index in [-0.39, 0.29) is 10.6 Å². The van der Waals surface area contributed by atoms with E-state index in [0.29, 0.717) is 43.5 Å². The number of hydrogen-bond acceptors (Lipinski definition) is 8. The second kappa shape index (κ2) is 19.0. The normalized spacial score (nSPS) is 11.8. The number of thiazole rings is 1. The molecule has 202 valence electrons. The van der Waals surface area contributed by atoms with Gasteiger partial charge in [0, 0.05) is 28.6 Å². The van der Waals surface area contributed by atoms with Crippen LogP contribution in [0.25, 0.3) is 0 Å². The quantitative estimate of drug-likeness (QED) is 0.0959. The predicted octanol–water partition coefficient (Wildman–Crippen LogP) is 5.45. The Kier molecular flexibility index (Phi) is 18.3. The van der Waals surface area contributed by atoms with Gasteiger partial charge in [0.2, 0.25) is 11.8 Å². The molecule has 0 radical (unpaired) electrons. The fourth-order valence-corrected chi connectivity index (χ4v) is 6.39. The molecule has 0 amide bonds. The van der Waals surface area contributed by atoms with Crippen LogP contribution in [-0.4, -0.2) is 71.9 Å². The summed E-state index contributed by atoms with van der Waals surface area (Å²) in [5.74, 6) is 2.92. The molecule has 2 rings (SSSR count). The van der Waals surface area contributed by atoms with Crippen molar-refractivity contribution in [2.75, 3.05) is 19.5 Å². The first kappa shape index (κ1) is 36.7. The zero-order valence-corrected chi connectivity index (χ0v) is 33.1. The van der Waals surface area contributed by atoms with Gasteiger partial charge in [0.1, 0.15) is 5.69 Å². The minimum atomic E-state index is -1.40. The number of aliphatic carboxylic acids is 1. The summed E-state index contributed by atoms with van der Waals surface area (Å²) in [6.07, 6.45) is 6.58. The van der Waals surface area contributed by atoms with E-state index in [0.717, 1.165) is 10.9 Å². The average Bonchev–Trinajstić information content (AvgIpc) is 3.37. The standard InChI is InChI=1S/C20H20N3O5P5S.3HI.V/c1-21-20-22-12(8-34-20)14(18(24)25)23-28-15(19(26)27-2)13-10(6-30)9(5-29)11(7-31)16(32-3)17(13)33-4;;;;/h5-8,15,29-31H,3-4H2,1-2H3,(H,21,22)(H,24,25);3*1H;/q;;;;+3/p-3/b23-14-;;;;. The first-order valence-corrected chi connectivity index (χ1v) is 28.0. The molecule has 2 N–H and O–H groups in total. The molecule has 0 saturated heterocycles. The van der Waals surface area contributed by atoms with E-state index in [9.17, 15) is 14.7 Å². The van der Waals surface area contributed by atoms with E-state index in [1.165, 1.54) is 23.8 Å². The van der Waals surface area contributed by atoms with Crippen LogP contribution in [0.15, 0.2) is 10.5 Å². The molecule has 0 fully saturated rings. The van der Waals surface area contributed by atoms with Crippen molar-refractivity contribution < 1.29 is 29.2 Å². The maximum absolute atomic E-state index is 12.9. The molecule has 0 aliphatic carbocycles. The first-order chi connectivity index (χ1) is 18.1. The van der Waals surface area contributed by atoms with Crippen LogP contribution in [0.5, 0.6) is 0 Å². The summed E-state index contributed by atoms with van der Waals surface area (Å²) in [7, 11) is 14.4. The molecule has 0 saturated carbocycles. The number of carbonyl (C=O) groups is 2. The van der Waals surface area contributed by atoms with E-state index < -0.39 is 23.8 Å². The summed E-state index contributed by atoms with van der Waals surface area (Å²) in [4.78, 5) is 34.2. The molecule has 0 aliphatic rings. The number of benzene rings is 1. The van der Waals surface area contributed by atoms with Crippen LogP contribution in [0, 0.1) is 0 Å². The van der Waals surface area contributed by atoms with Crippen LogP contribution in [0.3, 0.4) is 0 Å². The van der Waals surface area contributed by atoms with Gasteiger partial charge in [-0.3, -0.25) is 0 Å². The van der Waals surface area contributed by atoms with Gasteiger partial charge >= 0.3 is 76.8 Å². The molecular weight excluding hydrogens is 981 g/mol. The number of nitrogens with zero attached hydrogens (tertiary/aromatic N) is 2. The van der Waals surface area contributed by atoms with Gasteiger partial charge < -0.3 is 20.0 Å². The summed E-state index contributed by atoms with van der Waals surface area (Å²) in [6.45, 7) is 0. The summed E-state index contributed by atoms with van der Waals surface area (Å²) >= 11 is 8.59. The summed E-state index contributed by atoms with van der Waals surface area (Å²) in [5, 5.41) is 19.8. The molecule has 2 aromatic rings. The van der Waals surface area contributed by atoms with Gasteiger partial charge in [-0.05, 0) is 34.1 Å². The Labute approximate surface area is 272 Å². The van der Waals surface area contributed by atoms with E-state index in [2.05, 4.69) is 115 Å². The molecule has 1 atom stereocenters. The maximum atomic E-state index is 12.9. The van der Waals surface area contributed by atoms with E-state index in [1.54, 1.807) is 24.4 Å². The third kappa shape index (κ3) is 9.90. The predicted molar refractivity (Wildman–Crippen MR) is 198 cm³/mol. The number of ether oxygens (including phenoxy) is 1. The van der Waals surface area contributed by atoms with Crippen LogP contribution >= 0.6 is 114 Å². The van der Waals surface area contributed by atoms with Gasteiger partial charge in [0.15, 0.2) is 5.13 Å². The number of hydrogen-bond donors (Lipinski definition) is 2. The summed E-state index contributed by atoms with van der Waals surface area (Å²) in [5.41, 5.74) is 2.16. The van der Waals surface area contributed by atoms with Crippen molar-refractivity contribution in [2.24, 2.45) is 5.16 Å². The van der Waals surface area contributed by atoms with Crippen LogP contribution in [0.4, 0.5) is 5.13 Å². The van der Waals surface area contributed by atoms with Crippen LogP contribution in [0.1, 0.15) is 34.1 Å². The molecule has 18 heteroatoms. The Bertz CT molecular complexity index is 1250. The number of carboxylic acid groups (broad SMARTS) is 1. The van der Waals surface area contributed by atoms with E-state index in [1.807, 2.05) is 0 Å². The molecule has 0 bridgehead atoms. The fraction of sp³-hybridized carbons (Fsp3) is 0.150. The number of carbonyl (C=O) groups excluding carboxylic acids is 1.